The molecule has 2 aromatic rings. The number of carbonyl (C=O) groups excluding carboxylic acids is 1. The molecular weight excluding hydrogens is 358 g/mol. The van der Waals surface area contributed by atoms with Gasteiger partial charge in [0.25, 0.3) is 0 Å². The third-order valence-electron chi connectivity index (χ3n) is 5.59. The minimum absolute atomic E-state index is 0.00794. The molecule has 1 aliphatic rings. The summed E-state index contributed by atoms with van der Waals surface area (Å²) in [5.41, 5.74) is 1.50. The molecule has 0 spiro atoms. The van der Waals surface area contributed by atoms with Crippen molar-refractivity contribution in [2.75, 3.05) is 24.5 Å². The molecular formula is C23H28F2N2O. The monoisotopic (exact) mass is 386 g/mol. The molecule has 1 fully saturated rings. The van der Waals surface area contributed by atoms with E-state index in [1.807, 2.05) is 19.1 Å². The van der Waals surface area contributed by atoms with E-state index in [2.05, 4.69) is 11.8 Å². The topological polar surface area (TPSA) is 23.6 Å². The predicted octanol–water partition coefficient (Wildman–Crippen LogP) is 4.66. The Balaban J connectivity index is 1.66. The number of anilines is 1. The van der Waals surface area contributed by atoms with Crippen LogP contribution in [0.4, 0.5) is 14.5 Å². The Morgan fingerprint density at radius 2 is 1.86 bits per heavy atom. The first-order chi connectivity index (χ1) is 13.5. The fraction of sp³-hybridized carbons (Fsp3) is 0.435. The van der Waals surface area contributed by atoms with Gasteiger partial charge in [0.1, 0.15) is 11.6 Å². The lowest BCUT2D eigenvalue weighted by atomic mass is 9.91. The number of rotatable bonds is 6. The number of halogens is 2. The number of amides is 1. The summed E-state index contributed by atoms with van der Waals surface area (Å²) in [5.74, 6) is -0.374. The lowest BCUT2D eigenvalue weighted by Gasteiger charge is -2.42. The van der Waals surface area contributed by atoms with E-state index in [9.17, 15) is 13.6 Å². The van der Waals surface area contributed by atoms with Crippen LogP contribution in [0.3, 0.4) is 0 Å². The highest BCUT2D eigenvalue weighted by Gasteiger charge is 2.34. The number of piperidine rings is 1. The van der Waals surface area contributed by atoms with Crippen LogP contribution in [0, 0.1) is 17.6 Å². The van der Waals surface area contributed by atoms with Gasteiger partial charge in [-0.05, 0) is 48.6 Å². The minimum atomic E-state index is -0.352. The number of nitrogens with zero attached hydrogens (tertiary/aromatic N) is 2. The normalized spacial score (nSPS) is 20.1. The molecule has 28 heavy (non-hydrogen) atoms. The number of hydrogen-bond donors (Lipinski definition) is 0. The summed E-state index contributed by atoms with van der Waals surface area (Å²) >= 11 is 0. The van der Waals surface area contributed by atoms with E-state index < -0.39 is 0 Å². The van der Waals surface area contributed by atoms with Gasteiger partial charge >= 0.3 is 0 Å². The maximum absolute atomic E-state index is 14.4. The SMILES string of the molecule is CCC(=O)N(c1ccccc1F)[C@@H]1CCN(CCc2ccc(F)cc2)C[C@@H]1C. The lowest BCUT2D eigenvalue weighted by molar-refractivity contribution is -0.119. The van der Waals surface area contributed by atoms with Gasteiger partial charge in [0, 0.05) is 32.1 Å². The smallest absolute Gasteiger partial charge is 0.227 e. The second kappa shape index (κ2) is 9.28. The first kappa shape index (κ1) is 20.5. The molecule has 2 aromatic carbocycles. The first-order valence-electron chi connectivity index (χ1n) is 10.0. The Bertz CT molecular complexity index is 793. The van der Waals surface area contributed by atoms with Crippen molar-refractivity contribution in [2.24, 2.45) is 5.92 Å². The molecule has 1 amide bonds. The van der Waals surface area contributed by atoms with Crippen molar-refractivity contribution in [3.63, 3.8) is 0 Å². The number of benzene rings is 2. The Labute approximate surface area is 166 Å². The standard InChI is InChI=1S/C23H28F2N2O/c1-3-23(28)27(22-7-5-4-6-20(22)25)21-13-15-26(16-17(21)2)14-12-18-8-10-19(24)11-9-18/h4-11,17,21H,3,12-16H2,1-2H3/t17-,21+/m0/s1. The largest absolute Gasteiger partial charge is 0.306 e. The summed E-state index contributed by atoms with van der Waals surface area (Å²) in [6, 6.07) is 13.2. The number of carbonyl (C=O) groups is 1. The van der Waals surface area contributed by atoms with Gasteiger partial charge in [0.15, 0.2) is 0 Å². The van der Waals surface area contributed by atoms with Crippen LogP contribution in [0.2, 0.25) is 0 Å². The van der Waals surface area contributed by atoms with Crippen LogP contribution in [0.25, 0.3) is 0 Å². The summed E-state index contributed by atoms with van der Waals surface area (Å²) in [4.78, 5) is 16.7. The third-order valence-corrected chi connectivity index (χ3v) is 5.59. The maximum atomic E-state index is 14.4. The third kappa shape index (κ3) is 4.76. The zero-order chi connectivity index (χ0) is 20.1. The molecule has 1 saturated heterocycles. The zero-order valence-corrected chi connectivity index (χ0v) is 16.6. The van der Waals surface area contributed by atoms with Crippen LogP contribution >= 0.6 is 0 Å². The molecule has 3 rings (SSSR count). The number of para-hydroxylation sites is 1. The Morgan fingerprint density at radius 3 is 2.50 bits per heavy atom. The van der Waals surface area contributed by atoms with Crippen molar-refractivity contribution in [1.82, 2.24) is 4.90 Å². The van der Waals surface area contributed by atoms with Gasteiger partial charge in [-0.2, -0.15) is 0 Å². The second-order valence-corrected chi connectivity index (χ2v) is 7.58. The van der Waals surface area contributed by atoms with Crippen LogP contribution in [0.15, 0.2) is 48.5 Å². The molecule has 1 heterocycles. The summed E-state index contributed by atoms with van der Waals surface area (Å²) < 4.78 is 27.4. The molecule has 3 nitrogen and oxygen atoms in total. The van der Waals surface area contributed by atoms with E-state index in [4.69, 9.17) is 0 Å². The van der Waals surface area contributed by atoms with E-state index in [1.54, 1.807) is 23.1 Å². The molecule has 0 radical (unpaired) electrons. The maximum Gasteiger partial charge on any atom is 0.227 e. The van der Waals surface area contributed by atoms with Crippen LogP contribution in [0.5, 0.6) is 0 Å². The van der Waals surface area contributed by atoms with E-state index in [-0.39, 0.29) is 29.5 Å². The lowest BCUT2D eigenvalue weighted by Crippen LogP contribution is -2.52. The number of hydrogen-bond acceptors (Lipinski definition) is 2. The van der Waals surface area contributed by atoms with E-state index in [0.29, 0.717) is 12.1 Å². The van der Waals surface area contributed by atoms with Crippen LogP contribution < -0.4 is 4.90 Å². The molecule has 1 aliphatic heterocycles. The van der Waals surface area contributed by atoms with Crippen LogP contribution in [0.1, 0.15) is 32.3 Å². The van der Waals surface area contributed by atoms with Crippen molar-refractivity contribution in [3.8, 4) is 0 Å². The number of likely N-dealkylation sites (tertiary alicyclic amines) is 1. The fourth-order valence-corrected chi connectivity index (χ4v) is 4.06. The van der Waals surface area contributed by atoms with Crippen LogP contribution in [-0.2, 0) is 11.2 Å². The minimum Gasteiger partial charge on any atom is -0.306 e. The van der Waals surface area contributed by atoms with Gasteiger partial charge in [0.05, 0.1) is 5.69 Å². The molecule has 0 saturated carbocycles. The Morgan fingerprint density at radius 1 is 1.14 bits per heavy atom. The van der Waals surface area contributed by atoms with Crippen LogP contribution in [-0.4, -0.2) is 36.5 Å². The molecule has 0 unspecified atom stereocenters. The van der Waals surface area contributed by atoms with Crippen molar-refractivity contribution in [3.05, 3.63) is 65.7 Å². The van der Waals surface area contributed by atoms with Crippen molar-refractivity contribution >= 4 is 11.6 Å². The molecule has 5 heteroatoms. The van der Waals surface area contributed by atoms with E-state index in [1.165, 1.54) is 18.2 Å². The highest BCUT2D eigenvalue weighted by molar-refractivity contribution is 5.94. The molecule has 0 aromatic heterocycles. The highest BCUT2D eigenvalue weighted by atomic mass is 19.1. The molecule has 0 bridgehead atoms. The average Bonchev–Trinajstić information content (AvgIpc) is 2.70. The van der Waals surface area contributed by atoms with Crippen molar-refractivity contribution in [1.29, 1.82) is 0 Å². The fourth-order valence-electron chi connectivity index (χ4n) is 4.06. The quantitative estimate of drug-likeness (QED) is 0.721. The zero-order valence-electron chi connectivity index (χ0n) is 16.6. The van der Waals surface area contributed by atoms with Gasteiger partial charge in [-0.1, -0.05) is 38.1 Å². The predicted molar refractivity (Wildman–Crippen MR) is 108 cm³/mol. The van der Waals surface area contributed by atoms with E-state index >= 15 is 0 Å². The van der Waals surface area contributed by atoms with Crippen molar-refractivity contribution < 1.29 is 13.6 Å². The van der Waals surface area contributed by atoms with Crippen molar-refractivity contribution in [2.45, 2.75) is 39.2 Å². The van der Waals surface area contributed by atoms with Gasteiger partial charge in [0.2, 0.25) is 5.91 Å². The van der Waals surface area contributed by atoms with E-state index in [0.717, 1.165) is 38.0 Å². The van der Waals surface area contributed by atoms with Gasteiger partial charge in [-0.15, -0.1) is 0 Å². The average molecular weight is 386 g/mol. The summed E-state index contributed by atoms with van der Waals surface area (Å²) in [6.45, 7) is 6.56. The Hall–Kier alpha value is -2.27. The summed E-state index contributed by atoms with van der Waals surface area (Å²) in [7, 11) is 0. The summed E-state index contributed by atoms with van der Waals surface area (Å²) in [6.07, 6.45) is 2.03. The van der Waals surface area contributed by atoms with Gasteiger partial charge in [-0.3, -0.25) is 4.79 Å². The van der Waals surface area contributed by atoms with Gasteiger partial charge < -0.3 is 9.80 Å². The Kier molecular flexibility index (Phi) is 6.79. The molecule has 0 aliphatic carbocycles. The summed E-state index contributed by atoms with van der Waals surface area (Å²) in [5, 5.41) is 0. The van der Waals surface area contributed by atoms with Gasteiger partial charge in [-0.25, -0.2) is 8.78 Å². The molecule has 0 N–H and O–H groups in total. The highest BCUT2D eigenvalue weighted by Crippen LogP contribution is 2.30. The first-order valence-corrected chi connectivity index (χ1v) is 10.0. The molecule has 2 atom stereocenters. The second-order valence-electron chi connectivity index (χ2n) is 7.58. The molecule has 150 valence electrons.